The molecule has 4 rings (SSSR count). The SMILES string of the molecule is Cc1sc2ncn(CCC(=O)Nc3nc(-c4cccc(Br)c4)cs3)c(=O)c2c1C. The van der Waals surface area contributed by atoms with E-state index < -0.39 is 0 Å². The number of aromatic nitrogens is 3. The largest absolute Gasteiger partial charge is 0.302 e. The molecule has 0 atom stereocenters. The molecule has 0 spiro atoms. The van der Waals surface area contributed by atoms with Crippen LogP contribution in [0.15, 0.2) is 45.2 Å². The highest BCUT2D eigenvalue weighted by Crippen LogP contribution is 2.27. The van der Waals surface area contributed by atoms with Crippen molar-refractivity contribution in [3.63, 3.8) is 0 Å². The number of thiophene rings is 1. The van der Waals surface area contributed by atoms with Gasteiger partial charge in [-0.05, 0) is 31.5 Å². The second kappa shape index (κ2) is 8.17. The Labute approximate surface area is 183 Å². The molecule has 4 aromatic rings. The minimum Gasteiger partial charge on any atom is -0.302 e. The number of hydrogen-bond donors (Lipinski definition) is 1. The van der Waals surface area contributed by atoms with Crippen LogP contribution in [0.25, 0.3) is 21.5 Å². The second-order valence-corrected chi connectivity index (χ2v) is 9.53. The topological polar surface area (TPSA) is 76.9 Å². The van der Waals surface area contributed by atoms with Gasteiger partial charge in [0.25, 0.3) is 5.56 Å². The molecule has 0 radical (unpaired) electrons. The summed E-state index contributed by atoms with van der Waals surface area (Å²) in [6.45, 7) is 4.18. The first-order valence-corrected chi connectivity index (χ1v) is 11.4. The number of nitrogens with one attached hydrogen (secondary N) is 1. The third kappa shape index (κ3) is 4.17. The van der Waals surface area contributed by atoms with E-state index in [0.717, 1.165) is 31.0 Å². The number of nitrogens with zero attached hydrogens (tertiary/aromatic N) is 3. The molecule has 1 amide bonds. The highest BCUT2D eigenvalue weighted by atomic mass is 79.9. The third-order valence-electron chi connectivity index (χ3n) is 4.61. The van der Waals surface area contributed by atoms with E-state index in [4.69, 9.17) is 0 Å². The first kappa shape index (κ1) is 19.9. The fourth-order valence-corrected chi connectivity index (χ4v) is 5.07. The lowest BCUT2D eigenvalue weighted by molar-refractivity contribution is -0.116. The molecule has 29 heavy (non-hydrogen) atoms. The number of aryl methyl sites for hydroxylation is 3. The van der Waals surface area contributed by atoms with E-state index in [0.29, 0.717) is 10.5 Å². The van der Waals surface area contributed by atoms with Gasteiger partial charge in [-0.3, -0.25) is 14.2 Å². The van der Waals surface area contributed by atoms with E-state index in [-0.39, 0.29) is 24.4 Å². The van der Waals surface area contributed by atoms with Crippen LogP contribution in [0.5, 0.6) is 0 Å². The molecule has 0 bridgehead atoms. The molecule has 0 saturated heterocycles. The van der Waals surface area contributed by atoms with Gasteiger partial charge in [0.2, 0.25) is 5.91 Å². The fraction of sp³-hybridized carbons (Fsp3) is 0.200. The van der Waals surface area contributed by atoms with Gasteiger partial charge in [-0.15, -0.1) is 22.7 Å². The van der Waals surface area contributed by atoms with Crippen molar-refractivity contribution >= 4 is 59.9 Å². The van der Waals surface area contributed by atoms with E-state index in [1.165, 1.54) is 33.6 Å². The number of benzene rings is 1. The molecule has 0 aliphatic rings. The first-order valence-electron chi connectivity index (χ1n) is 8.89. The molecular weight excluding hydrogens is 472 g/mol. The Bertz CT molecular complexity index is 1280. The summed E-state index contributed by atoms with van der Waals surface area (Å²) in [5, 5.41) is 5.90. The Morgan fingerprint density at radius 3 is 2.93 bits per heavy atom. The van der Waals surface area contributed by atoms with Gasteiger partial charge in [-0.2, -0.15) is 0 Å². The molecule has 0 saturated carbocycles. The van der Waals surface area contributed by atoms with Crippen LogP contribution in [0.1, 0.15) is 16.9 Å². The fourth-order valence-electron chi connectivity index (χ4n) is 2.94. The van der Waals surface area contributed by atoms with Crippen LogP contribution in [0, 0.1) is 13.8 Å². The van der Waals surface area contributed by atoms with Crippen molar-refractivity contribution in [3.8, 4) is 11.3 Å². The zero-order valence-electron chi connectivity index (χ0n) is 15.7. The van der Waals surface area contributed by atoms with Gasteiger partial charge >= 0.3 is 0 Å². The Hall–Kier alpha value is -2.36. The third-order valence-corrected chi connectivity index (χ3v) is 6.97. The molecule has 148 valence electrons. The van der Waals surface area contributed by atoms with Crippen molar-refractivity contribution in [1.82, 2.24) is 14.5 Å². The summed E-state index contributed by atoms with van der Waals surface area (Å²) in [5.74, 6) is -0.189. The summed E-state index contributed by atoms with van der Waals surface area (Å²) in [5.41, 5.74) is 2.64. The Kier molecular flexibility index (Phi) is 5.62. The minimum atomic E-state index is -0.189. The van der Waals surface area contributed by atoms with Crippen LogP contribution in [0.2, 0.25) is 0 Å². The van der Waals surface area contributed by atoms with Crippen LogP contribution in [0.3, 0.4) is 0 Å². The number of rotatable bonds is 5. The van der Waals surface area contributed by atoms with Gasteiger partial charge in [-0.1, -0.05) is 28.1 Å². The summed E-state index contributed by atoms with van der Waals surface area (Å²) in [6, 6.07) is 7.83. The van der Waals surface area contributed by atoms with E-state index in [2.05, 4.69) is 31.2 Å². The van der Waals surface area contributed by atoms with E-state index in [1.54, 1.807) is 0 Å². The number of carbonyl (C=O) groups is 1. The number of halogens is 1. The van der Waals surface area contributed by atoms with E-state index >= 15 is 0 Å². The van der Waals surface area contributed by atoms with Gasteiger partial charge in [-0.25, -0.2) is 9.97 Å². The summed E-state index contributed by atoms with van der Waals surface area (Å²) >= 11 is 6.34. The summed E-state index contributed by atoms with van der Waals surface area (Å²) in [6.07, 6.45) is 1.68. The monoisotopic (exact) mass is 488 g/mol. The Morgan fingerprint density at radius 2 is 2.14 bits per heavy atom. The van der Waals surface area contributed by atoms with Crippen molar-refractivity contribution in [2.24, 2.45) is 0 Å². The first-order chi connectivity index (χ1) is 13.9. The molecule has 3 aromatic heterocycles. The van der Waals surface area contributed by atoms with Crippen LogP contribution in [-0.4, -0.2) is 20.4 Å². The minimum absolute atomic E-state index is 0.101. The highest BCUT2D eigenvalue weighted by molar-refractivity contribution is 9.10. The average molecular weight is 489 g/mol. The molecule has 1 aromatic carbocycles. The molecule has 9 heteroatoms. The quantitative estimate of drug-likeness (QED) is 0.429. The number of fused-ring (bicyclic) bond motifs is 1. The van der Waals surface area contributed by atoms with E-state index in [9.17, 15) is 9.59 Å². The Morgan fingerprint density at radius 1 is 1.31 bits per heavy atom. The van der Waals surface area contributed by atoms with Gasteiger partial charge in [0, 0.05) is 33.3 Å². The van der Waals surface area contributed by atoms with E-state index in [1.807, 2.05) is 43.5 Å². The zero-order chi connectivity index (χ0) is 20.5. The molecule has 0 aliphatic carbocycles. The lowest BCUT2D eigenvalue weighted by Crippen LogP contribution is -2.23. The van der Waals surface area contributed by atoms with Gasteiger partial charge in [0.05, 0.1) is 17.4 Å². The molecule has 0 fully saturated rings. The maximum absolute atomic E-state index is 12.7. The van der Waals surface area contributed by atoms with Crippen LogP contribution in [-0.2, 0) is 11.3 Å². The predicted octanol–water partition coefficient (Wildman–Crippen LogP) is 4.99. The van der Waals surface area contributed by atoms with Crippen molar-refractivity contribution in [3.05, 3.63) is 61.2 Å². The maximum atomic E-state index is 12.7. The number of carbonyl (C=O) groups excluding carboxylic acids is 1. The molecule has 6 nitrogen and oxygen atoms in total. The average Bonchev–Trinajstić information content (AvgIpc) is 3.26. The van der Waals surface area contributed by atoms with Gasteiger partial charge in [0.1, 0.15) is 4.83 Å². The molecule has 1 N–H and O–H groups in total. The number of thiazole rings is 1. The molecule has 3 heterocycles. The highest BCUT2D eigenvalue weighted by Gasteiger charge is 2.13. The van der Waals surface area contributed by atoms with Crippen LogP contribution in [0.4, 0.5) is 5.13 Å². The van der Waals surface area contributed by atoms with Crippen LogP contribution < -0.4 is 10.9 Å². The predicted molar refractivity (Wildman–Crippen MR) is 122 cm³/mol. The number of hydrogen-bond acceptors (Lipinski definition) is 6. The standard InChI is InChI=1S/C20H17BrN4O2S2/c1-11-12(2)29-18-17(11)19(27)25(10-22-18)7-6-16(26)24-20-23-15(9-28-20)13-4-3-5-14(21)8-13/h3-5,8-10H,6-7H2,1-2H3,(H,23,24,26). The zero-order valence-corrected chi connectivity index (χ0v) is 18.9. The van der Waals surface area contributed by atoms with Gasteiger partial charge in [0.15, 0.2) is 5.13 Å². The van der Waals surface area contributed by atoms with Gasteiger partial charge < -0.3 is 5.32 Å². The molecular formula is C20H17BrN4O2S2. The normalized spacial score (nSPS) is 11.1. The number of anilines is 1. The van der Waals surface area contributed by atoms with Crippen molar-refractivity contribution in [1.29, 1.82) is 0 Å². The summed E-state index contributed by atoms with van der Waals surface area (Å²) in [4.78, 5) is 35.7. The smallest absolute Gasteiger partial charge is 0.262 e. The lowest BCUT2D eigenvalue weighted by atomic mass is 10.2. The molecule has 0 aliphatic heterocycles. The summed E-state index contributed by atoms with van der Waals surface area (Å²) in [7, 11) is 0. The molecule has 0 unspecified atom stereocenters. The van der Waals surface area contributed by atoms with Crippen LogP contribution >= 0.6 is 38.6 Å². The second-order valence-electron chi connectivity index (χ2n) is 6.55. The lowest BCUT2D eigenvalue weighted by Gasteiger charge is -2.05. The van der Waals surface area contributed by atoms with Crippen molar-refractivity contribution in [2.75, 3.05) is 5.32 Å². The summed E-state index contributed by atoms with van der Waals surface area (Å²) < 4.78 is 2.47. The van der Waals surface area contributed by atoms with Crippen molar-refractivity contribution < 1.29 is 4.79 Å². The Balaban J connectivity index is 1.43. The number of amides is 1. The van der Waals surface area contributed by atoms with Crippen molar-refractivity contribution in [2.45, 2.75) is 26.8 Å². The maximum Gasteiger partial charge on any atom is 0.262 e.